The quantitative estimate of drug-likeness (QED) is 0.622. The van der Waals surface area contributed by atoms with Crippen LogP contribution in [0.3, 0.4) is 0 Å². The molecule has 5 nitrogen and oxygen atoms in total. The van der Waals surface area contributed by atoms with Gasteiger partial charge in [0, 0.05) is 0 Å². The van der Waals surface area contributed by atoms with Crippen LogP contribution >= 0.6 is 12.4 Å². The van der Waals surface area contributed by atoms with Crippen LogP contribution in [0.15, 0.2) is 42.5 Å². The predicted octanol–water partition coefficient (Wildman–Crippen LogP) is 2.66. The second-order valence-corrected chi connectivity index (χ2v) is 6.93. The molecule has 154 valence electrons. The third-order valence-electron chi connectivity index (χ3n) is 4.26. The van der Waals surface area contributed by atoms with Gasteiger partial charge in [0.05, 0.1) is 19.5 Å². The minimum atomic E-state index is -3.17. The molecule has 2 aromatic carbocycles. The maximum Gasteiger partial charge on any atom is 0.277 e. The van der Waals surface area contributed by atoms with E-state index in [2.05, 4.69) is 10.6 Å². The fourth-order valence-corrected chi connectivity index (χ4v) is 2.69. The number of halogens is 3. The Morgan fingerprint density at radius 2 is 1.75 bits per heavy atom. The van der Waals surface area contributed by atoms with Gasteiger partial charge in [0.15, 0.2) is 0 Å². The number of rotatable bonds is 8. The van der Waals surface area contributed by atoms with Crippen LogP contribution in [0.1, 0.15) is 19.4 Å². The molecule has 0 aliphatic carbocycles. The van der Waals surface area contributed by atoms with Crippen molar-refractivity contribution in [2.45, 2.75) is 32.2 Å². The van der Waals surface area contributed by atoms with Crippen molar-refractivity contribution < 1.29 is 18.4 Å². The lowest BCUT2D eigenvalue weighted by Gasteiger charge is -2.23. The number of alkyl halides is 2. The maximum atomic E-state index is 13.2. The first-order valence-electron chi connectivity index (χ1n) is 8.84. The molecule has 0 bridgehead atoms. The highest BCUT2D eigenvalue weighted by atomic mass is 35.5. The van der Waals surface area contributed by atoms with Crippen molar-refractivity contribution in [2.24, 2.45) is 11.7 Å². The number of amides is 2. The van der Waals surface area contributed by atoms with E-state index in [1.54, 1.807) is 13.8 Å². The molecule has 1 unspecified atom stereocenters. The van der Waals surface area contributed by atoms with Crippen LogP contribution in [0, 0.1) is 5.92 Å². The second-order valence-electron chi connectivity index (χ2n) is 6.93. The Balaban J connectivity index is 0.00000392. The van der Waals surface area contributed by atoms with E-state index in [-0.39, 0.29) is 30.7 Å². The molecule has 0 spiro atoms. The van der Waals surface area contributed by atoms with Crippen molar-refractivity contribution in [1.29, 1.82) is 0 Å². The van der Waals surface area contributed by atoms with Gasteiger partial charge in [-0.2, -0.15) is 0 Å². The molecule has 8 heteroatoms. The highest BCUT2D eigenvalue weighted by Crippen LogP contribution is 2.16. The lowest BCUT2D eigenvalue weighted by atomic mass is 10.0. The Hall–Kier alpha value is -2.25. The molecule has 0 aliphatic heterocycles. The van der Waals surface area contributed by atoms with Gasteiger partial charge in [-0.3, -0.25) is 9.59 Å². The standard InChI is InChI=1S/C20H25F2N3O2.ClH/c1-13(2)18(19(27)24-12-20(21,22)11-23)25-17(26)10-14-7-8-15-5-3-4-6-16(15)9-14;/h3-9,13,18H,10-12,23H2,1-2H3,(H,24,27)(H,25,26);1H. The van der Waals surface area contributed by atoms with Gasteiger partial charge in [-0.1, -0.05) is 56.3 Å². The van der Waals surface area contributed by atoms with Crippen LogP contribution in [-0.4, -0.2) is 36.9 Å². The minimum Gasteiger partial charge on any atom is -0.348 e. The molecule has 1 atom stereocenters. The van der Waals surface area contributed by atoms with Crippen LogP contribution in [0.5, 0.6) is 0 Å². The molecule has 2 rings (SSSR count). The van der Waals surface area contributed by atoms with Gasteiger partial charge < -0.3 is 16.4 Å². The van der Waals surface area contributed by atoms with E-state index in [1.807, 2.05) is 42.5 Å². The Bertz CT molecular complexity index is 815. The van der Waals surface area contributed by atoms with Crippen molar-refractivity contribution in [2.75, 3.05) is 13.1 Å². The third kappa shape index (κ3) is 6.73. The summed E-state index contributed by atoms with van der Waals surface area (Å²) in [7, 11) is 0. The summed E-state index contributed by atoms with van der Waals surface area (Å²) in [6.45, 7) is 1.77. The summed E-state index contributed by atoms with van der Waals surface area (Å²) in [5, 5.41) is 6.89. The Kier molecular flexibility index (Phi) is 8.78. The van der Waals surface area contributed by atoms with E-state index < -0.39 is 31.0 Å². The molecule has 0 aliphatic rings. The molecular weight excluding hydrogens is 388 g/mol. The summed E-state index contributed by atoms with van der Waals surface area (Å²) in [5.41, 5.74) is 5.77. The van der Waals surface area contributed by atoms with Crippen LogP contribution in [0.4, 0.5) is 8.78 Å². The molecule has 2 amide bonds. The molecule has 0 fully saturated rings. The molecule has 0 radical (unpaired) electrons. The number of benzene rings is 2. The number of hydrogen-bond acceptors (Lipinski definition) is 3. The van der Waals surface area contributed by atoms with Gasteiger partial charge in [0.25, 0.3) is 5.92 Å². The fraction of sp³-hybridized carbons (Fsp3) is 0.400. The summed E-state index contributed by atoms with van der Waals surface area (Å²) < 4.78 is 26.5. The number of hydrogen-bond donors (Lipinski definition) is 3. The molecule has 2 aromatic rings. The number of nitrogens with two attached hydrogens (primary N) is 1. The van der Waals surface area contributed by atoms with Gasteiger partial charge in [0.2, 0.25) is 11.8 Å². The zero-order valence-corrected chi connectivity index (χ0v) is 16.7. The second kappa shape index (κ2) is 10.3. The van der Waals surface area contributed by atoms with E-state index in [0.717, 1.165) is 16.3 Å². The fourth-order valence-electron chi connectivity index (χ4n) is 2.69. The van der Waals surface area contributed by atoms with Gasteiger partial charge in [-0.15, -0.1) is 12.4 Å². The minimum absolute atomic E-state index is 0. The van der Waals surface area contributed by atoms with E-state index >= 15 is 0 Å². The summed E-state index contributed by atoms with van der Waals surface area (Å²) in [5.74, 6) is -4.42. The largest absolute Gasteiger partial charge is 0.348 e. The SMILES string of the molecule is CC(C)C(NC(=O)Cc1ccc2ccccc2c1)C(=O)NCC(F)(F)CN.Cl. The zero-order valence-electron chi connectivity index (χ0n) is 15.9. The molecule has 0 saturated heterocycles. The zero-order chi connectivity index (χ0) is 20.0. The number of carbonyl (C=O) groups excluding carboxylic acids is 2. The first kappa shape index (κ1) is 23.8. The van der Waals surface area contributed by atoms with E-state index in [4.69, 9.17) is 5.73 Å². The molecule has 0 aromatic heterocycles. The van der Waals surface area contributed by atoms with Crippen molar-refractivity contribution >= 4 is 35.0 Å². The molecule has 0 heterocycles. The highest BCUT2D eigenvalue weighted by Gasteiger charge is 2.30. The summed E-state index contributed by atoms with van der Waals surface area (Å²) >= 11 is 0. The number of nitrogens with one attached hydrogen (secondary N) is 2. The van der Waals surface area contributed by atoms with Crippen LogP contribution in [-0.2, 0) is 16.0 Å². The number of fused-ring (bicyclic) bond motifs is 1. The topological polar surface area (TPSA) is 84.2 Å². The summed E-state index contributed by atoms with van der Waals surface area (Å²) in [6, 6.07) is 12.6. The average Bonchev–Trinajstić information content (AvgIpc) is 2.64. The van der Waals surface area contributed by atoms with Crippen LogP contribution in [0.2, 0.25) is 0 Å². The summed E-state index contributed by atoms with van der Waals surface area (Å²) in [6.07, 6.45) is 0.0975. The van der Waals surface area contributed by atoms with Crippen LogP contribution < -0.4 is 16.4 Å². The van der Waals surface area contributed by atoms with Crippen molar-refractivity contribution in [3.63, 3.8) is 0 Å². The predicted molar refractivity (Wildman–Crippen MR) is 109 cm³/mol. The average molecular weight is 414 g/mol. The normalized spacial score (nSPS) is 12.4. The van der Waals surface area contributed by atoms with Gasteiger partial charge >= 0.3 is 0 Å². The van der Waals surface area contributed by atoms with Gasteiger partial charge in [-0.25, -0.2) is 8.78 Å². The Labute approximate surface area is 169 Å². The first-order valence-corrected chi connectivity index (χ1v) is 8.84. The monoisotopic (exact) mass is 413 g/mol. The van der Waals surface area contributed by atoms with Crippen molar-refractivity contribution in [3.8, 4) is 0 Å². The maximum absolute atomic E-state index is 13.2. The molecule has 4 N–H and O–H groups in total. The van der Waals surface area contributed by atoms with E-state index in [0.29, 0.717) is 0 Å². The first-order chi connectivity index (χ1) is 12.7. The Morgan fingerprint density at radius 3 is 2.36 bits per heavy atom. The third-order valence-corrected chi connectivity index (χ3v) is 4.26. The lowest BCUT2D eigenvalue weighted by Crippen LogP contribution is -2.52. The van der Waals surface area contributed by atoms with E-state index in [9.17, 15) is 18.4 Å². The highest BCUT2D eigenvalue weighted by molar-refractivity contribution is 5.89. The van der Waals surface area contributed by atoms with Crippen molar-refractivity contribution in [3.05, 3.63) is 48.0 Å². The van der Waals surface area contributed by atoms with Crippen LogP contribution in [0.25, 0.3) is 10.8 Å². The van der Waals surface area contributed by atoms with Gasteiger partial charge in [0.1, 0.15) is 6.04 Å². The molecule has 28 heavy (non-hydrogen) atoms. The smallest absolute Gasteiger partial charge is 0.277 e. The summed E-state index contributed by atoms with van der Waals surface area (Å²) in [4.78, 5) is 24.6. The number of carbonyl (C=O) groups is 2. The Morgan fingerprint density at radius 1 is 1.11 bits per heavy atom. The molecular formula is C20H26ClF2N3O2. The molecule has 0 saturated carbocycles. The van der Waals surface area contributed by atoms with Crippen molar-refractivity contribution in [1.82, 2.24) is 10.6 Å². The lowest BCUT2D eigenvalue weighted by molar-refractivity contribution is -0.130. The van der Waals surface area contributed by atoms with Gasteiger partial charge in [-0.05, 0) is 22.3 Å². The van der Waals surface area contributed by atoms with E-state index in [1.165, 1.54) is 0 Å².